The van der Waals surface area contributed by atoms with Crippen molar-refractivity contribution in [2.24, 2.45) is 11.8 Å². The zero-order valence-corrected chi connectivity index (χ0v) is 19.4. The summed E-state index contributed by atoms with van der Waals surface area (Å²) in [6, 6.07) is 9.54. The van der Waals surface area contributed by atoms with Gasteiger partial charge in [0.1, 0.15) is 0 Å². The maximum atomic E-state index is 13.0. The molecule has 1 N–H and O–H groups in total. The number of hydrogen-bond acceptors (Lipinski definition) is 5. The first-order valence-electron chi connectivity index (χ1n) is 10.6. The van der Waals surface area contributed by atoms with Crippen LogP contribution in [0, 0.1) is 11.8 Å². The van der Waals surface area contributed by atoms with E-state index in [-0.39, 0.29) is 22.3 Å². The minimum absolute atomic E-state index is 0.00261. The van der Waals surface area contributed by atoms with E-state index < -0.39 is 45.9 Å². The molecule has 2 aromatic rings. The summed E-state index contributed by atoms with van der Waals surface area (Å²) >= 11 is 0. The second-order valence-electron chi connectivity index (χ2n) is 8.46. The number of carbonyl (C=O) groups is 2. The van der Waals surface area contributed by atoms with Crippen LogP contribution in [0.15, 0.2) is 53.4 Å². The van der Waals surface area contributed by atoms with Gasteiger partial charge in [0.05, 0.1) is 21.7 Å². The summed E-state index contributed by atoms with van der Waals surface area (Å²) in [4.78, 5) is 24.3. The molecule has 3 rings (SSSR count). The zero-order valence-electron chi connectivity index (χ0n) is 18.6. The Balaban J connectivity index is 1.61. The molecular formula is C23H25F3N2O5S. The molecule has 1 aliphatic rings. The number of hydrogen-bond donors (Lipinski definition) is 1. The van der Waals surface area contributed by atoms with Crippen LogP contribution in [-0.2, 0) is 25.7 Å². The molecule has 0 saturated carbocycles. The van der Waals surface area contributed by atoms with Crippen molar-refractivity contribution in [3.8, 4) is 0 Å². The number of anilines is 1. The first kappa shape index (κ1) is 25.7. The van der Waals surface area contributed by atoms with Gasteiger partial charge in [-0.1, -0.05) is 26.0 Å². The molecule has 34 heavy (non-hydrogen) atoms. The summed E-state index contributed by atoms with van der Waals surface area (Å²) < 4.78 is 71.2. The topological polar surface area (TPSA) is 92.8 Å². The molecule has 11 heteroatoms. The number of halogens is 3. The molecule has 0 unspecified atom stereocenters. The van der Waals surface area contributed by atoms with Gasteiger partial charge >= 0.3 is 12.1 Å². The third kappa shape index (κ3) is 6.15. The molecule has 1 heterocycles. The highest BCUT2D eigenvalue weighted by atomic mass is 32.2. The Morgan fingerprint density at radius 3 is 2.21 bits per heavy atom. The second-order valence-corrected chi connectivity index (χ2v) is 10.4. The first-order chi connectivity index (χ1) is 15.9. The van der Waals surface area contributed by atoms with E-state index in [0.717, 1.165) is 18.6 Å². The van der Waals surface area contributed by atoms with Crippen LogP contribution in [0.25, 0.3) is 0 Å². The molecule has 0 aromatic heterocycles. The van der Waals surface area contributed by atoms with E-state index >= 15 is 0 Å². The Hall–Kier alpha value is -2.92. The Labute approximate surface area is 196 Å². The van der Waals surface area contributed by atoms with Crippen LogP contribution in [0.3, 0.4) is 0 Å². The van der Waals surface area contributed by atoms with Crippen LogP contribution in [0.2, 0.25) is 0 Å². The highest BCUT2D eigenvalue weighted by Gasteiger charge is 2.34. The third-order valence-corrected chi connectivity index (χ3v) is 7.25. The minimum Gasteiger partial charge on any atom is -0.452 e. The number of benzene rings is 2. The third-order valence-electron chi connectivity index (χ3n) is 5.40. The number of rotatable bonds is 6. The Kier molecular flexibility index (Phi) is 7.67. The fourth-order valence-corrected chi connectivity index (χ4v) is 5.63. The van der Waals surface area contributed by atoms with Crippen LogP contribution in [0.5, 0.6) is 0 Å². The van der Waals surface area contributed by atoms with Gasteiger partial charge in [-0.15, -0.1) is 0 Å². The first-order valence-corrected chi connectivity index (χ1v) is 12.1. The minimum atomic E-state index is -4.66. The van der Waals surface area contributed by atoms with Gasteiger partial charge < -0.3 is 10.1 Å². The average molecular weight is 499 g/mol. The Bertz CT molecular complexity index is 1140. The largest absolute Gasteiger partial charge is 0.452 e. The summed E-state index contributed by atoms with van der Waals surface area (Å²) in [5.41, 5.74) is -1.47. The SMILES string of the molecule is C[C@@H]1C[C@H](C)CN(S(=O)(=O)c2ccc(C(=O)OCC(=O)Nc3ccccc3C(F)(F)F)cc2)C1. The van der Waals surface area contributed by atoms with Crippen molar-refractivity contribution in [1.82, 2.24) is 4.31 Å². The quantitative estimate of drug-likeness (QED) is 0.604. The molecule has 0 bridgehead atoms. The molecule has 1 amide bonds. The fourth-order valence-electron chi connectivity index (χ4n) is 3.95. The lowest BCUT2D eigenvalue weighted by Crippen LogP contribution is -2.42. The highest BCUT2D eigenvalue weighted by molar-refractivity contribution is 7.89. The number of alkyl halides is 3. The number of carbonyl (C=O) groups excluding carboxylic acids is 2. The Morgan fingerprint density at radius 2 is 1.62 bits per heavy atom. The van der Waals surface area contributed by atoms with Gasteiger partial charge in [0.2, 0.25) is 10.0 Å². The van der Waals surface area contributed by atoms with E-state index in [0.29, 0.717) is 13.1 Å². The lowest BCUT2D eigenvalue weighted by atomic mass is 9.94. The van der Waals surface area contributed by atoms with Gasteiger partial charge in [0.15, 0.2) is 6.61 Å². The molecule has 0 aliphatic carbocycles. The van der Waals surface area contributed by atoms with E-state index in [2.05, 4.69) is 5.32 Å². The molecule has 7 nitrogen and oxygen atoms in total. The lowest BCUT2D eigenvalue weighted by molar-refractivity contribution is -0.137. The normalized spacial score (nSPS) is 19.4. The number of piperidine rings is 1. The van der Waals surface area contributed by atoms with E-state index in [1.807, 2.05) is 13.8 Å². The molecule has 1 fully saturated rings. The van der Waals surface area contributed by atoms with Crippen molar-refractivity contribution < 1.29 is 35.9 Å². The molecule has 1 saturated heterocycles. The van der Waals surface area contributed by atoms with Crippen LogP contribution in [-0.4, -0.2) is 44.3 Å². The summed E-state index contributed by atoms with van der Waals surface area (Å²) in [5.74, 6) is -1.38. The molecule has 1 aliphatic heterocycles. The summed E-state index contributed by atoms with van der Waals surface area (Å²) in [6.45, 7) is 4.02. The fraction of sp³-hybridized carbons (Fsp3) is 0.391. The van der Waals surface area contributed by atoms with Crippen LogP contribution >= 0.6 is 0 Å². The van der Waals surface area contributed by atoms with Gasteiger partial charge in [-0.2, -0.15) is 17.5 Å². The van der Waals surface area contributed by atoms with Gasteiger partial charge in [-0.05, 0) is 54.7 Å². The number of ether oxygens (including phenoxy) is 1. The predicted octanol–water partition coefficient (Wildman–Crippen LogP) is 4.17. The molecule has 0 radical (unpaired) electrons. The van der Waals surface area contributed by atoms with E-state index in [9.17, 15) is 31.2 Å². The maximum absolute atomic E-state index is 13.0. The van der Waals surface area contributed by atoms with Crippen LogP contribution < -0.4 is 5.32 Å². The number of nitrogens with zero attached hydrogens (tertiary/aromatic N) is 1. The van der Waals surface area contributed by atoms with Gasteiger partial charge in [-0.3, -0.25) is 4.79 Å². The molecule has 2 aromatic carbocycles. The van der Waals surface area contributed by atoms with Crippen molar-refractivity contribution >= 4 is 27.6 Å². The maximum Gasteiger partial charge on any atom is 0.418 e. The van der Waals surface area contributed by atoms with E-state index in [1.165, 1.54) is 40.7 Å². The standard InChI is InChI=1S/C23H25F3N2O5S/c1-15-11-16(2)13-28(12-15)34(31,32)18-9-7-17(8-10-18)22(30)33-14-21(29)27-20-6-4-3-5-19(20)23(24,25)26/h3-10,15-16H,11-14H2,1-2H3,(H,27,29)/t15-,16+. The van der Waals surface area contributed by atoms with Gasteiger partial charge in [-0.25, -0.2) is 13.2 Å². The van der Waals surface area contributed by atoms with Gasteiger partial charge in [0, 0.05) is 13.1 Å². The van der Waals surface area contributed by atoms with Crippen molar-refractivity contribution in [1.29, 1.82) is 0 Å². The summed E-state index contributed by atoms with van der Waals surface area (Å²) in [5, 5.41) is 2.08. The summed E-state index contributed by atoms with van der Waals surface area (Å²) in [6.07, 6.45) is -3.71. The molecule has 2 atom stereocenters. The number of sulfonamides is 1. The average Bonchev–Trinajstić information content (AvgIpc) is 2.76. The van der Waals surface area contributed by atoms with E-state index in [4.69, 9.17) is 4.74 Å². The van der Waals surface area contributed by atoms with Crippen LogP contribution in [0.1, 0.15) is 36.2 Å². The van der Waals surface area contributed by atoms with Crippen molar-refractivity contribution in [2.45, 2.75) is 31.3 Å². The number of esters is 1. The van der Waals surface area contributed by atoms with E-state index in [1.54, 1.807) is 0 Å². The monoisotopic (exact) mass is 498 g/mol. The number of amides is 1. The molecular weight excluding hydrogens is 473 g/mol. The second kappa shape index (κ2) is 10.1. The Morgan fingerprint density at radius 1 is 1.03 bits per heavy atom. The highest BCUT2D eigenvalue weighted by Crippen LogP contribution is 2.34. The van der Waals surface area contributed by atoms with Crippen LogP contribution in [0.4, 0.5) is 18.9 Å². The van der Waals surface area contributed by atoms with Gasteiger partial charge in [0.25, 0.3) is 5.91 Å². The lowest BCUT2D eigenvalue weighted by Gasteiger charge is -2.34. The van der Waals surface area contributed by atoms with Crippen molar-refractivity contribution in [2.75, 3.05) is 25.0 Å². The summed E-state index contributed by atoms with van der Waals surface area (Å²) in [7, 11) is -3.72. The van der Waals surface area contributed by atoms with Crippen molar-refractivity contribution in [3.63, 3.8) is 0 Å². The number of para-hydroxylation sites is 1. The zero-order chi connectivity index (χ0) is 25.1. The van der Waals surface area contributed by atoms with Crippen molar-refractivity contribution in [3.05, 3.63) is 59.7 Å². The molecule has 184 valence electrons. The molecule has 0 spiro atoms. The predicted molar refractivity (Wildman–Crippen MR) is 119 cm³/mol. The number of nitrogens with one attached hydrogen (secondary N) is 1. The smallest absolute Gasteiger partial charge is 0.418 e.